The molecule has 0 atom stereocenters. The number of oxazole rings is 1. The van der Waals surface area contributed by atoms with Crippen molar-refractivity contribution in [3.05, 3.63) is 58.1 Å². The molecule has 184 valence electrons. The largest absolute Gasteiger partial charge is 0.489 e. The Morgan fingerprint density at radius 3 is 2.51 bits per heavy atom. The third-order valence-electron chi connectivity index (χ3n) is 6.17. The molecule has 0 bridgehead atoms. The molecular formula is C25H24F3N3O4. The van der Waals surface area contributed by atoms with Crippen LogP contribution in [-0.4, -0.2) is 16.6 Å². The van der Waals surface area contributed by atoms with Gasteiger partial charge in [-0.15, -0.1) is 0 Å². The Labute approximate surface area is 199 Å². The van der Waals surface area contributed by atoms with Crippen LogP contribution in [0.4, 0.5) is 18.9 Å². The number of nitrogens with zero attached hydrogens (tertiary/aromatic N) is 2. The van der Waals surface area contributed by atoms with Crippen LogP contribution >= 0.6 is 0 Å². The lowest BCUT2D eigenvalue weighted by Gasteiger charge is -2.28. The van der Waals surface area contributed by atoms with Gasteiger partial charge in [0.1, 0.15) is 11.8 Å². The molecule has 10 heteroatoms. The van der Waals surface area contributed by atoms with Gasteiger partial charge in [0.25, 0.3) is 0 Å². The molecule has 1 N–H and O–H groups in total. The maximum atomic E-state index is 13.0. The molecule has 0 saturated heterocycles. The zero-order chi connectivity index (χ0) is 25.3. The molecule has 35 heavy (non-hydrogen) atoms. The predicted octanol–water partition coefficient (Wildman–Crippen LogP) is 5.64. The molecule has 0 unspecified atom stereocenters. The zero-order valence-corrected chi connectivity index (χ0v) is 19.2. The summed E-state index contributed by atoms with van der Waals surface area (Å²) in [6, 6.07) is 9.63. The highest BCUT2D eigenvalue weighted by molar-refractivity contribution is 5.94. The lowest BCUT2D eigenvalue weighted by atomic mass is 9.86. The molecule has 0 radical (unpaired) electrons. The van der Waals surface area contributed by atoms with E-state index in [1.165, 1.54) is 4.57 Å². The molecule has 7 nitrogen and oxygen atoms in total. The van der Waals surface area contributed by atoms with Crippen LogP contribution in [0.2, 0.25) is 0 Å². The number of hydrogen-bond acceptors (Lipinski definition) is 5. The third kappa shape index (κ3) is 5.19. The standard InChI is InChI=1S/C25H24F3N3O4/c1-14(2)31-20-10-7-18(12-22(20)35-24(31)33)30-23(32)15-4-8-19(9-5-15)34-21-11-17(25(26,27)28)6-3-16(21)13-29/h3,6-7,10-12,14-15,19H,4-5,8-9H2,1-2H3,(H,30,32)/t15-,19+. The van der Waals surface area contributed by atoms with E-state index in [1.54, 1.807) is 18.2 Å². The van der Waals surface area contributed by atoms with Gasteiger partial charge in [-0.05, 0) is 69.9 Å². The first-order chi connectivity index (χ1) is 16.6. The van der Waals surface area contributed by atoms with Crippen LogP contribution in [0.1, 0.15) is 56.7 Å². The molecular weight excluding hydrogens is 463 g/mol. The number of amides is 1. The van der Waals surface area contributed by atoms with Crippen molar-refractivity contribution in [1.29, 1.82) is 5.26 Å². The summed E-state index contributed by atoms with van der Waals surface area (Å²) in [6.07, 6.45) is -3.04. The van der Waals surface area contributed by atoms with Crippen LogP contribution in [-0.2, 0) is 11.0 Å². The van der Waals surface area contributed by atoms with Gasteiger partial charge < -0.3 is 14.5 Å². The number of ether oxygens (including phenoxy) is 1. The normalized spacial score (nSPS) is 18.4. The predicted molar refractivity (Wildman–Crippen MR) is 122 cm³/mol. The van der Waals surface area contributed by atoms with Crippen molar-refractivity contribution in [2.75, 3.05) is 5.32 Å². The summed E-state index contributed by atoms with van der Waals surface area (Å²) in [4.78, 5) is 24.8. The first kappa shape index (κ1) is 24.4. The van der Waals surface area contributed by atoms with Crippen molar-refractivity contribution in [3.63, 3.8) is 0 Å². The Morgan fingerprint density at radius 2 is 1.89 bits per heavy atom. The Morgan fingerprint density at radius 1 is 1.17 bits per heavy atom. The summed E-state index contributed by atoms with van der Waals surface area (Å²) in [6.45, 7) is 3.75. The van der Waals surface area contributed by atoms with Crippen molar-refractivity contribution in [1.82, 2.24) is 4.57 Å². The van der Waals surface area contributed by atoms with Crippen LogP contribution < -0.4 is 15.8 Å². The fraction of sp³-hybridized carbons (Fsp3) is 0.400. The van der Waals surface area contributed by atoms with Gasteiger partial charge in [-0.25, -0.2) is 4.79 Å². The fourth-order valence-corrected chi connectivity index (χ4v) is 4.36. The van der Waals surface area contributed by atoms with Gasteiger partial charge in [0, 0.05) is 23.7 Å². The molecule has 0 aliphatic heterocycles. The van der Waals surface area contributed by atoms with Crippen molar-refractivity contribution >= 4 is 22.7 Å². The van der Waals surface area contributed by atoms with Crippen molar-refractivity contribution < 1.29 is 27.1 Å². The van der Waals surface area contributed by atoms with Crippen LogP contribution in [0.25, 0.3) is 11.1 Å². The van der Waals surface area contributed by atoms with Gasteiger partial charge in [-0.3, -0.25) is 9.36 Å². The maximum Gasteiger partial charge on any atom is 0.420 e. The molecule has 4 rings (SSSR count). The molecule has 2 aromatic carbocycles. The second kappa shape index (κ2) is 9.49. The number of carbonyl (C=O) groups excluding carboxylic acids is 1. The topological polar surface area (TPSA) is 97.3 Å². The summed E-state index contributed by atoms with van der Waals surface area (Å²) in [5.74, 6) is -1.05. The molecule has 3 aromatic rings. The highest BCUT2D eigenvalue weighted by atomic mass is 19.4. The maximum absolute atomic E-state index is 13.0. The minimum Gasteiger partial charge on any atom is -0.489 e. The van der Waals surface area contributed by atoms with Gasteiger partial charge in [0.2, 0.25) is 5.91 Å². The van der Waals surface area contributed by atoms with Crippen molar-refractivity contribution in [2.24, 2.45) is 5.92 Å². The smallest absolute Gasteiger partial charge is 0.420 e. The highest BCUT2D eigenvalue weighted by Gasteiger charge is 2.32. The van der Waals surface area contributed by atoms with E-state index in [2.05, 4.69) is 5.32 Å². The van der Waals surface area contributed by atoms with E-state index in [0.717, 1.165) is 18.2 Å². The summed E-state index contributed by atoms with van der Waals surface area (Å²) < 4.78 is 51.7. The van der Waals surface area contributed by atoms with Crippen LogP contribution in [0.3, 0.4) is 0 Å². The number of carbonyl (C=O) groups is 1. The van der Waals surface area contributed by atoms with E-state index in [-0.39, 0.29) is 29.2 Å². The average Bonchev–Trinajstić information content (AvgIpc) is 3.14. The molecule has 1 fully saturated rings. The van der Waals surface area contributed by atoms with Crippen LogP contribution in [0.5, 0.6) is 5.75 Å². The van der Waals surface area contributed by atoms with Gasteiger partial charge in [0.15, 0.2) is 5.58 Å². The highest BCUT2D eigenvalue weighted by Crippen LogP contribution is 2.35. The molecule has 1 amide bonds. The van der Waals surface area contributed by atoms with Crippen molar-refractivity contribution in [3.8, 4) is 11.8 Å². The van der Waals surface area contributed by atoms with Gasteiger partial charge >= 0.3 is 11.9 Å². The summed E-state index contributed by atoms with van der Waals surface area (Å²) >= 11 is 0. The van der Waals surface area contributed by atoms with Crippen molar-refractivity contribution in [2.45, 2.75) is 57.9 Å². The summed E-state index contributed by atoms with van der Waals surface area (Å²) in [5, 5.41) is 12.1. The second-order valence-corrected chi connectivity index (χ2v) is 8.92. The molecule has 1 aromatic heterocycles. The Kier molecular flexibility index (Phi) is 6.61. The third-order valence-corrected chi connectivity index (χ3v) is 6.17. The van der Waals surface area contributed by atoms with Gasteiger partial charge in [-0.1, -0.05) is 0 Å². The van der Waals surface area contributed by atoms with Gasteiger partial charge in [-0.2, -0.15) is 18.4 Å². The number of halogens is 3. The second-order valence-electron chi connectivity index (χ2n) is 8.92. The molecule has 1 saturated carbocycles. The summed E-state index contributed by atoms with van der Waals surface area (Å²) in [7, 11) is 0. The lowest BCUT2D eigenvalue weighted by Crippen LogP contribution is -2.31. The van der Waals surface area contributed by atoms with E-state index in [0.29, 0.717) is 42.5 Å². The van der Waals surface area contributed by atoms with E-state index in [9.17, 15) is 28.0 Å². The van der Waals surface area contributed by atoms with E-state index >= 15 is 0 Å². The van der Waals surface area contributed by atoms with Gasteiger partial charge in [0.05, 0.1) is 22.7 Å². The number of alkyl halides is 3. The number of hydrogen-bond donors (Lipinski definition) is 1. The van der Waals surface area contributed by atoms with Crippen LogP contribution in [0, 0.1) is 17.2 Å². The number of aromatic nitrogens is 1. The number of nitriles is 1. The molecule has 1 aliphatic carbocycles. The van der Waals surface area contributed by atoms with E-state index in [4.69, 9.17) is 9.15 Å². The first-order valence-corrected chi connectivity index (χ1v) is 11.3. The summed E-state index contributed by atoms with van der Waals surface area (Å²) in [5.41, 5.74) is 0.690. The number of nitrogens with one attached hydrogen (secondary N) is 1. The minimum atomic E-state index is -4.54. The van der Waals surface area contributed by atoms with Crippen LogP contribution in [0.15, 0.2) is 45.6 Å². The number of rotatable bonds is 5. The molecule has 1 aliphatic rings. The number of anilines is 1. The SMILES string of the molecule is CC(C)n1c(=O)oc2cc(NC(=O)[C@H]3CC[C@@H](Oc4cc(C(F)(F)F)ccc4C#N)CC3)ccc21. The first-order valence-electron chi connectivity index (χ1n) is 11.3. The molecule has 0 spiro atoms. The fourth-order valence-electron chi connectivity index (χ4n) is 4.36. The lowest BCUT2D eigenvalue weighted by molar-refractivity contribution is -0.137. The Hall–Kier alpha value is -3.74. The number of benzene rings is 2. The van der Waals surface area contributed by atoms with E-state index in [1.807, 2.05) is 19.9 Å². The Bertz CT molecular complexity index is 1340. The minimum absolute atomic E-state index is 0.0335. The average molecular weight is 487 g/mol. The quantitative estimate of drug-likeness (QED) is 0.502. The molecule has 1 heterocycles. The Balaban J connectivity index is 1.38. The number of fused-ring (bicyclic) bond motifs is 1. The zero-order valence-electron chi connectivity index (χ0n) is 19.2. The van der Waals surface area contributed by atoms with E-state index < -0.39 is 23.6 Å². The monoisotopic (exact) mass is 487 g/mol.